The highest BCUT2D eigenvalue weighted by Crippen LogP contribution is 2.45. The molecule has 2 nitrogen and oxygen atoms in total. The summed E-state index contributed by atoms with van der Waals surface area (Å²) in [7, 11) is 2.12. The maximum absolute atomic E-state index is 15.3. The van der Waals surface area contributed by atoms with Crippen molar-refractivity contribution in [1.82, 2.24) is 4.40 Å². The molecular formula is C30H24FN2+. The number of hydrogen-bond donors (Lipinski definition) is 0. The molecule has 4 aromatic carbocycles. The van der Waals surface area contributed by atoms with Gasteiger partial charge < -0.3 is 4.40 Å². The van der Waals surface area contributed by atoms with E-state index in [0.29, 0.717) is 11.3 Å². The number of pyridine rings is 2. The van der Waals surface area contributed by atoms with Crippen molar-refractivity contribution in [1.29, 1.82) is 0 Å². The minimum atomic E-state index is -0.162. The van der Waals surface area contributed by atoms with Crippen molar-refractivity contribution in [3.05, 3.63) is 83.8 Å². The molecular weight excluding hydrogens is 407 g/mol. The fourth-order valence-corrected chi connectivity index (χ4v) is 6.22. The van der Waals surface area contributed by atoms with Crippen molar-refractivity contribution in [2.24, 2.45) is 7.05 Å². The molecule has 7 aromatic rings. The molecule has 0 amide bonds. The van der Waals surface area contributed by atoms with Crippen LogP contribution in [0.1, 0.15) is 30.9 Å². The van der Waals surface area contributed by atoms with E-state index < -0.39 is 0 Å². The molecule has 0 saturated heterocycles. The molecule has 0 aliphatic carbocycles. The molecule has 3 aromatic heterocycles. The second-order valence-corrected chi connectivity index (χ2v) is 9.63. The van der Waals surface area contributed by atoms with Crippen LogP contribution < -0.4 is 4.57 Å². The number of rotatable bonds is 1. The molecule has 3 heterocycles. The zero-order valence-corrected chi connectivity index (χ0v) is 19.2. The van der Waals surface area contributed by atoms with Gasteiger partial charge in [-0.05, 0) is 52.3 Å². The highest BCUT2D eigenvalue weighted by molar-refractivity contribution is 6.29. The van der Waals surface area contributed by atoms with E-state index in [1.54, 1.807) is 6.07 Å². The van der Waals surface area contributed by atoms with Gasteiger partial charge in [-0.2, -0.15) is 0 Å². The molecule has 0 fully saturated rings. The second kappa shape index (κ2) is 6.20. The van der Waals surface area contributed by atoms with Crippen molar-refractivity contribution in [2.75, 3.05) is 0 Å². The van der Waals surface area contributed by atoms with Crippen molar-refractivity contribution >= 4 is 59.8 Å². The third-order valence-electron chi connectivity index (χ3n) is 7.53. The molecule has 0 spiro atoms. The van der Waals surface area contributed by atoms with E-state index >= 15 is 4.39 Å². The summed E-state index contributed by atoms with van der Waals surface area (Å²) < 4.78 is 19.9. The predicted octanol–water partition coefficient (Wildman–Crippen LogP) is 7.54. The Balaban J connectivity index is 2.02. The topological polar surface area (TPSA) is 8.29 Å². The molecule has 0 bridgehead atoms. The summed E-state index contributed by atoms with van der Waals surface area (Å²) in [4.78, 5) is 0. The summed E-state index contributed by atoms with van der Waals surface area (Å²) in [5.74, 6) is 0.143. The van der Waals surface area contributed by atoms with E-state index in [-0.39, 0.29) is 5.82 Å². The first-order valence-corrected chi connectivity index (χ1v) is 11.6. The largest absolute Gasteiger partial charge is 0.307 e. The molecule has 0 aliphatic heterocycles. The Kier molecular flexibility index (Phi) is 3.53. The van der Waals surface area contributed by atoms with Gasteiger partial charge in [-0.25, -0.2) is 8.96 Å². The molecule has 7 rings (SSSR count). The van der Waals surface area contributed by atoms with Gasteiger partial charge in [0.05, 0.1) is 27.3 Å². The Bertz CT molecular complexity index is 1920. The Morgan fingerprint density at radius 3 is 2.36 bits per heavy atom. The molecule has 0 aliphatic rings. The third kappa shape index (κ3) is 2.15. The number of aryl methyl sites for hydroxylation is 2. The lowest BCUT2D eigenvalue weighted by molar-refractivity contribution is -0.643. The monoisotopic (exact) mass is 431 g/mol. The quantitative estimate of drug-likeness (QED) is 0.144. The summed E-state index contributed by atoms with van der Waals surface area (Å²) in [6.45, 7) is 6.77. The number of halogens is 1. The van der Waals surface area contributed by atoms with Gasteiger partial charge in [-0.3, -0.25) is 0 Å². The van der Waals surface area contributed by atoms with E-state index in [9.17, 15) is 0 Å². The van der Waals surface area contributed by atoms with Crippen LogP contribution >= 0.6 is 0 Å². The molecule has 0 unspecified atom stereocenters. The molecule has 0 atom stereocenters. The van der Waals surface area contributed by atoms with E-state index in [2.05, 4.69) is 91.5 Å². The van der Waals surface area contributed by atoms with Crippen LogP contribution in [-0.2, 0) is 7.05 Å². The van der Waals surface area contributed by atoms with Crippen molar-refractivity contribution in [2.45, 2.75) is 26.7 Å². The lowest BCUT2D eigenvalue weighted by Gasteiger charge is -2.20. The van der Waals surface area contributed by atoms with Crippen LogP contribution in [0.25, 0.3) is 59.8 Å². The highest BCUT2D eigenvalue weighted by atomic mass is 19.1. The van der Waals surface area contributed by atoms with E-state index in [1.165, 1.54) is 49.1 Å². The van der Waals surface area contributed by atoms with Gasteiger partial charge in [-0.1, -0.05) is 56.3 Å². The molecule has 160 valence electrons. The Hall–Kier alpha value is -3.72. The average molecular weight is 432 g/mol. The van der Waals surface area contributed by atoms with Gasteiger partial charge in [0.25, 0.3) is 0 Å². The number of hydrogen-bond acceptors (Lipinski definition) is 0. The maximum Gasteiger partial charge on any atom is 0.224 e. The zero-order chi connectivity index (χ0) is 22.6. The van der Waals surface area contributed by atoms with Crippen molar-refractivity contribution in [3.8, 4) is 0 Å². The summed E-state index contributed by atoms with van der Waals surface area (Å²) in [6.07, 6.45) is 2.15. The van der Waals surface area contributed by atoms with E-state index in [4.69, 9.17) is 0 Å². The van der Waals surface area contributed by atoms with Gasteiger partial charge >= 0.3 is 0 Å². The summed E-state index contributed by atoms with van der Waals surface area (Å²) in [5.41, 5.74) is 7.06. The lowest BCUT2D eigenvalue weighted by atomic mass is 9.88. The molecule has 3 heteroatoms. The highest BCUT2D eigenvalue weighted by Gasteiger charge is 2.28. The molecule has 0 radical (unpaired) electrons. The minimum absolute atomic E-state index is 0.162. The van der Waals surface area contributed by atoms with Gasteiger partial charge in [0, 0.05) is 16.8 Å². The summed E-state index contributed by atoms with van der Waals surface area (Å²) in [5, 5.41) is 7.90. The number of aromatic nitrogens is 2. The van der Waals surface area contributed by atoms with Crippen LogP contribution in [0.2, 0.25) is 0 Å². The average Bonchev–Trinajstić information content (AvgIpc) is 3.15. The first-order chi connectivity index (χ1) is 16.0. The first kappa shape index (κ1) is 18.8. The Morgan fingerprint density at radius 2 is 1.58 bits per heavy atom. The summed E-state index contributed by atoms with van der Waals surface area (Å²) >= 11 is 0. The standard InChI is InChI=1S/C30H24FN2/c1-16(2)24-20-9-6-5-8-19(20)17(3)25-29-26-18(14-15-32(29)4)12-13-21-27-22(31)10-7-11-23(27)33(28(21)26)30(24)25/h5-16H,1-4H3/q+1. The fourth-order valence-electron chi connectivity index (χ4n) is 6.22. The molecule has 0 N–H and O–H groups in total. The van der Waals surface area contributed by atoms with Crippen molar-refractivity contribution in [3.63, 3.8) is 0 Å². The Labute approximate surface area is 190 Å². The maximum atomic E-state index is 15.3. The van der Waals surface area contributed by atoms with Crippen LogP contribution in [0.4, 0.5) is 4.39 Å². The minimum Gasteiger partial charge on any atom is -0.307 e. The smallest absolute Gasteiger partial charge is 0.224 e. The normalized spacial score (nSPS) is 12.7. The SMILES string of the molecule is Cc1c2ccccc2c(C(C)C)c2c1c1c3c(ccc4c5c(F)cccc5n2c43)cc[n+]1C. The van der Waals surface area contributed by atoms with Gasteiger partial charge in [0.2, 0.25) is 5.52 Å². The lowest BCUT2D eigenvalue weighted by Crippen LogP contribution is -2.29. The van der Waals surface area contributed by atoms with Gasteiger partial charge in [0.1, 0.15) is 12.9 Å². The van der Waals surface area contributed by atoms with Crippen LogP contribution in [0, 0.1) is 12.7 Å². The zero-order valence-electron chi connectivity index (χ0n) is 19.2. The van der Waals surface area contributed by atoms with E-state index in [1.807, 2.05) is 6.07 Å². The van der Waals surface area contributed by atoms with Crippen molar-refractivity contribution < 1.29 is 8.96 Å². The van der Waals surface area contributed by atoms with Gasteiger partial charge in [0.15, 0.2) is 6.20 Å². The molecule has 0 saturated carbocycles. The van der Waals surface area contributed by atoms with Crippen LogP contribution in [0.15, 0.2) is 66.9 Å². The van der Waals surface area contributed by atoms with Crippen LogP contribution in [0.3, 0.4) is 0 Å². The van der Waals surface area contributed by atoms with Crippen LogP contribution in [-0.4, -0.2) is 4.40 Å². The summed E-state index contributed by atoms with van der Waals surface area (Å²) in [6, 6.07) is 20.6. The number of fused-ring (bicyclic) bond motifs is 7. The molecule has 33 heavy (non-hydrogen) atoms. The van der Waals surface area contributed by atoms with Crippen LogP contribution in [0.5, 0.6) is 0 Å². The van der Waals surface area contributed by atoms with E-state index in [0.717, 1.165) is 16.4 Å². The second-order valence-electron chi connectivity index (χ2n) is 9.63. The first-order valence-electron chi connectivity index (χ1n) is 11.6. The number of benzene rings is 4. The fraction of sp³-hybridized carbons (Fsp3) is 0.167. The Morgan fingerprint density at radius 1 is 0.788 bits per heavy atom. The predicted molar refractivity (Wildman–Crippen MR) is 136 cm³/mol. The number of nitrogens with zero attached hydrogens (tertiary/aromatic N) is 2. The third-order valence-corrected chi connectivity index (χ3v) is 7.53. The van der Waals surface area contributed by atoms with Gasteiger partial charge in [-0.15, -0.1) is 0 Å².